The summed E-state index contributed by atoms with van der Waals surface area (Å²) < 4.78 is 10.8. The molecule has 1 atom stereocenters. The molecule has 29 heavy (non-hydrogen) atoms. The van der Waals surface area contributed by atoms with Gasteiger partial charge in [0.2, 0.25) is 5.91 Å². The molecule has 1 N–H and O–H groups in total. The zero-order valence-electron chi connectivity index (χ0n) is 17.8. The van der Waals surface area contributed by atoms with Crippen LogP contribution in [-0.2, 0) is 20.9 Å². The average Bonchev–Trinajstić information content (AvgIpc) is 2.64. The maximum atomic E-state index is 12.7. The molecule has 1 fully saturated rings. The Hall–Kier alpha value is -2.77. The summed E-state index contributed by atoms with van der Waals surface area (Å²) in [5, 5.41) is 2.81. The van der Waals surface area contributed by atoms with E-state index in [2.05, 4.69) is 5.32 Å². The molecule has 0 aliphatic carbocycles. The molecule has 0 saturated carbocycles. The molecule has 0 aromatic heterocycles. The second-order valence-electron chi connectivity index (χ2n) is 8.34. The van der Waals surface area contributed by atoms with E-state index in [1.54, 1.807) is 20.8 Å². The van der Waals surface area contributed by atoms with Crippen molar-refractivity contribution in [2.24, 2.45) is 0 Å². The van der Waals surface area contributed by atoms with Crippen molar-refractivity contribution in [2.75, 3.05) is 19.6 Å². The van der Waals surface area contributed by atoms with Crippen LogP contribution >= 0.6 is 0 Å². The average molecular weight is 405 g/mol. The summed E-state index contributed by atoms with van der Waals surface area (Å²) >= 11 is 0. The molecule has 8 nitrogen and oxygen atoms in total. The van der Waals surface area contributed by atoms with Crippen LogP contribution < -0.4 is 5.32 Å². The monoisotopic (exact) mass is 405 g/mol. The first-order valence-electron chi connectivity index (χ1n) is 9.82. The number of carbonyl (C=O) groups excluding carboxylic acids is 3. The molecule has 8 heteroatoms. The Kier molecular flexibility index (Phi) is 7.47. The van der Waals surface area contributed by atoms with Crippen LogP contribution in [0.25, 0.3) is 0 Å². The van der Waals surface area contributed by atoms with E-state index in [0.29, 0.717) is 0 Å². The highest BCUT2D eigenvalue weighted by Crippen LogP contribution is 2.17. The summed E-state index contributed by atoms with van der Waals surface area (Å²) in [5.74, 6) is -0.329. The molecule has 3 amide bonds. The Bertz CT molecular complexity index is 715. The third kappa shape index (κ3) is 6.96. The summed E-state index contributed by atoms with van der Waals surface area (Å²) in [4.78, 5) is 40.6. The van der Waals surface area contributed by atoms with Gasteiger partial charge in [-0.2, -0.15) is 0 Å². The number of nitrogens with one attached hydrogen (secondary N) is 1. The number of ether oxygens (including phenoxy) is 2. The van der Waals surface area contributed by atoms with Gasteiger partial charge in [0.25, 0.3) is 0 Å². The first kappa shape index (κ1) is 22.5. The molecule has 0 bridgehead atoms. The highest BCUT2D eigenvalue weighted by molar-refractivity contribution is 5.87. The van der Waals surface area contributed by atoms with Gasteiger partial charge < -0.3 is 19.7 Å². The van der Waals surface area contributed by atoms with Crippen molar-refractivity contribution in [3.8, 4) is 0 Å². The van der Waals surface area contributed by atoms with Gasteiger partial charge in [0.15, 0.2) is 0 Å². The molecule has 1 aromatic carbocycles. The minimum absolute atomic E-state index is 0.0495. The van der Waals surface area contributed by atoms with Crippen molar-refractivity contribution in [2.45, 2.75) is 58.9 Å². The van der Waals surface area contributed by atoms with E-state index in [0.717, 1.165) is 5.56 Å². The highest BCUT2D eigenvalue weighted by atomic mass is 16.6. The number of rotatable bonds is 4. The zero-order chi connectivity index (χ0) is 21.6. The molecular formula is C21H31N3O5. The normalized spacial score (nSPS) is 17.1. The maximum Gasteiger partial charge on any atom is 0.410 e. The number of amides is 3. The molecule has 1 heterocycles. The molecule has 1 aromatic rings. The minimum Gasteiger partial charge on any atom is -0.445 e. The fraction of sp³-hybridized carbons (Fsp3) is 0.571. The zero-order valence-corrected chi connectivity index (χ0v) is 17.8. The summed E-state index contributed by atoms with van der Waals surface area (Å²) in [5.41, 5.74) is 0.217. The lowest BCUT2D eigenvalue weighted by molar-refractivity contribution is -0.128. The van der Waals surface area contributed by atoms with Gasteiger partial charge in [0.1, 0.15) is 18.2 Å². The summed E-state index contributed by atoms with van der Waals surface area (Å²) in [6, 6.07) is 8.38. The van der Waals surface area contributed by atoms with Gasteiger partial charge in [-0.25, -0.2) is 9.59 Å². The van der Waals surface area contributed by atoms with Gasteiger partial charge in [-0.05, 0) is 40.2 Å². The van der Waals surface area contributed by atoms with Crippen LogP contribution in [-0.4, -0.2) is 65.2 Å². The maximum absolute atomic E-state index is 12.7. The Labute approximate surface area is 172 Å². The number of hydrogen-bond acceptors (Lipinski definition) is 5. The SMILES string of the molecule is CC(C)NC(=O)C1CN(C(=O)OC(C)(C)C)CCN1C(=O)OCc1ccccc1. The van der Waals surface area contributed by atoms with Crippen molar-refractivity contribution in [3.63, 3.8) is 0 Å². The number of nitrogens with zero attached hydrogens (tertiary/aromatic N) is 2. The van der Waals surface area contributed by atoms with Crippen LogP contribution in [0.2, 0.25) is 0 Å². The van der Waals surface area contributed by atoms with Gasteiger partial charge in [-0.3, -0.25) is 9.69 Å². The van der Waals surface area contributed by atoms with E-state index in [1.807, 2.05) is 44.2 Å². The van der Waals surface area contributed by atoms with E-state index in [1.165, 1.54) is 9.80 Å². The second kappa shape index (κ2) is 9.62. The molecule has 1 saturated heterocycles. The van der Waals surface area contributed by atoms with Crippen LogP contribution in [0.5, 0.6) is 0 Å². The summed E-state index contributed by atoms with van der Waals surface area (Å²) in [6.07, 6.45) is -1.08. The molecule has 1 aliphatic heterocycles. The summed E-state index contributed by atoms with van der Waals surface area (Å²) in [7, 11) is 0. The fourth-order valence-corrected chi connectivity index (χ4v) is 2.90. The Morgan fingerprint density at radius 3 is 2.34 bits per heavy atom. The molecule has 1 unspecified atom stereocenters. The van der Waals surface area contributed by atoms with Gasteiger partial charge >= 0.3 is 12.2 Å². The Morgan fingerprint density at radius 2 is 1.76 bits per heavy atom. The third-order valence-corrected chi connectivity index (χ3v) is 4.21. The van der Waals surface area contributed by atoms with Crippen molar-refractivity contribution in [3.05, 3.63) is 35.9 Å². The number of benzene rings is 1. The molecule has 0 spiro atoms. The van der Waals surface area contributed by atoms with Gasteiger partial charge in [-0.1, -0.05) is 30.3 Å². The van der Waals surface area contributed by atoms with E-state index in [4.69, 9.17) is 9.47 Å². The number of piperazine rings is 1. The Balaban J connectivity index is 2.08. The van der Waals surface area contributed by atoms with Gasteiger partial charge in [0.05, 0.1) is 6.54 Å². The number of carbonyl (C=O) groups is 3. The lowest BCUT2D eigenvalue weighted by Gasteiger charge is -2.40. The van der Waals surface area contributed by atoms with Gasteiger partial charge in [-0.15, -0.1) is 0 Å². The first-order valence-corrected chi connectivity index (χ1v) is 9.82. The fourth-order valence-electron chi connectivity index (χ4n) is 2.90. The lowest BCUT2D eigenvalue weighted by atomic mass is 10.1. The van der Waals surface area contributed by atoms with Crippen LogP contribution in [0.1, 0.15) is 40.2 Å². The van der Waals surface area contributed by atoms with Crippen molar-refractivity contribution in [1.29, 1.82) is 0 Å². The first-order chi connectivity index (χ1) is 13.6. The van der Waals surface area contributed by atoms with Crippen LogP contribution in [0.3, 0.4) is 0 Å². The van der Waals surface area contributed by atoms with Crippen molar-refractivity contribution < 1.29 is 23.9 Å². The van der Waals surface area contributed by atoms with Crippen molar-refractivity contribution >= 4 is 18.1 Å². The predicted molar refractivity (Wildman–Crippen MR) is 108 cm³/mol. The quantitative estimate of drug-likeness (QED) is 0.832. The second-order valence-corrected chi connectivity index (χ2v) is 8.34. The molecule has 160 valence electrons. The minimum atomic E-state index is -0.845. The third-order valence-electron chi connectivity index (χ3n) is 4.21. The van der Waals surface area contributed by atoms with Crippen LogP contribution in [0, 0.1) is 0 Å². The van der Waals surface area contributed by atoms with Crippen molar-refractivity contribution in [1.82, 2.24) is 15.1 Å². The van der Waals surface area contributed by atoms with E-state index in [9.17, 15) is 14.4 Å². The molecule has 0 radical (unpaired) electrons. The van der Waals surface area contributed by atoms with Crippen LogP contribution in [0.4, 0.5) is 9.59 Å². The van der Waals surface area contributed by atoms with E-state index in [-0.39, 0.29) is 38.2 Å². The predicted octanol–water partition coefficient (Wildman–Crippen LogP) is 2.77. The molecular weight excluding hydrogens is 374 g/mol. The largest absolute Gasteiger partial charge is 0.445 e. The molecule has 1 aliphatic rings. The highest BCUT2D eigenvalue weighted by Gasteiger charge is 2.39. The smallest absolute Gasteiger partial charge is 0.410 e. The van der Waals surface area contributed by atoms with E-state index < -0.39 is 23.8 Å². The van der Waals surface area contributed by atoms with Gasteiger partial charge in [0, 0.05) is 19.1 Å². The molecule has 2 rings (SSSR count). The van der Waals surface area contributed by atoms with E-state index >= 15 is 0 Å². The standard InChI is InChI=1S/C21H31N3O5/c1-15(2)22-18(25)17-13-23(19(26)29-21(3,4)5)11-12-24(17)20(27)28-14-16-9-7-6-8-10-16/h6-10,15,17H,11-14H2,1-5H3,(H,22,25). The van der Waals surface area contributed by atoms with Crippen LogP contribution in [0.15, 0.2) is 30.3 Å². The topological polar surface area (TPSA) is 88.2 Å². The summed E-state index contributed by atoms with van der Waals surface area (Å²) in [6.45, 7) is 9.64. The lowest BCUT2D eigenvalue weighted by Crippen LogP contribution is -2.62. The number of hydrogen-bond donors (Lipinski definition) is 1. The Morgan fingerprint density at radius 1 is 1.10 bits per heavy atom.